The van der Waals surface area contributed by atoms with Crippen molar-refractivity contribution in [1.29, 1.82) is 0 Å². The van der Waals surface area contributed by atoms with Crippen LogP contribution in [0.4, 0.5) is 0 Å². The third-order valence-corrected chi connectivity index (χ3v) is 4.36. The minimum Gasteiger partial charge on any atom is -0.459 e. The summed E-state index contributed by atoms with van der Waals surface area (Å²) in [7, 11) is 0. The van der Waals surface area contributed by atoms with E-state index in [4.69, 9.17) is 9.15 Å². The van der Waals surface area contributed by atoms with E-state index in [1.165, 1.54) is 6.07 Å². The molecule has 3 aromatic rings. The molecule has 1 atom stereocenters. The number of carbonyl (C=O) groups excluding carboxylic acids is 2. The Balaban J connectivity index is 1.71. The van der Waals surface area contributed by atoms with Crippen LogP contribution in [-0.2, 0) is 20.9 Å². The van der Waals surface area contributed by atoms with E-state index in [9.17, 15) is 14.4 Å². The van der Waals surface area contributed by atoms with Crippen LogP contribution in [0.25, 0.3) is 21.7 Å². The summed E-state index contributed by atoms with van der Waals surface area (Å²) >= 11 is 0. The first-order valence-electron chi connectivity index (χ1n) is 8.02. The number of nitrogens with one attached hydrogen (secondary N) is 1. The van der Waals surface area contributed by atoms with Crippen molar-refractivity contribution in [3.8, 4) is 0 Å². The number of amides is 1. The molecule has 1 N–H and O–H groups in total. The molecule has 1 aromatic heterocycles. The van der Waals surface area contributed by atoms with Gasteiger partial charge in [0, 0.05) is 23.4 Å². The van der Waals surface area contributed by atoms with Gasteiger partial charge in [0.15, 0.2) is 0 Å². The Morgan fingerprint density at radius 3 is 2.84 bits per heavy atom. The predicted octanol–water partition coefficient (Wildman–Crippen LogP) is 2.27. The van der Waals surface area contributed by atoms with Gasteiger partial charge in [0.1, 0.15) is 18.2 Å². The lowest BCUT2D eigenvalue weighted by molar-refractivity contribution is -0.147. The number of ether oxygens (including phenoxy) is 1. The molecule has 6 heteroatoms. The zero-order chi connectivity index (χ0) is 17.4. The molecule has 0 saturated carbocycles. The van der Waals surface area contributed by atoms with Gasteiger partial charge in [-0.05, 0) is 23.3 Å². The molecular formula is C19H15NO5. The van der Waals surface area contributed by atoms with Crippen LogP contribution in [0.15, 0.2) is 51.7 Å². The predicted molar refractivity (Wildman–Crippen MR) is 91.0 cm³/mol. The second kappa shape index (κ2) is 6.05. The smallest absolute Gasteiger partial charge is 0.336 e. The second-order valence-corrected chi connectivity index (χ2v) is 6.02. The Kier molecular flexibility index (Phi) is 3.72. The molecule has 2 heterocycles. The van der Waals surface area contributed by atoms with Gasteiger partial charge in [0.25, 0.3) is 0 Å². The van der Waals surface area contributed by atoms with Gasteiger partial charge in [-0.3, -0.25) is 4.79 Å². The highest BCUT2D eigenvalue weighted by Gasteiger charge is 2.28. The molecule has 1 aliphatic rings. The molecule has 126 valence electrons. The van der Waals surface area contributed by atoms with Gasteiger partial charge in [-0.2, -0.15) is 0 Å². The summed E-state index contributed by atoms with van der Waals surface area (Å²) in [6.07, 6.45) is 0.751. The highest BCUT2D eigenvalue weighted by molar-refractivity contribution is 6.07. The first kappa shape index (κ1) is 15.4. The molecule has 1 saturated heterocycles. The van der Waals surface area contributed by atoms with Crippen molar-refractivity contribution in [2.75, 3.05) is 0 Å². The lowest BCUT2D eigenvalue weighted by atomic mass is 10.0. The highest BCUT2D eigenvalue weighted by atomic mass is 16.5. The maximum absolute atomic E-state index is 12.1. The number of rotatable bonds is 3. The van der Waals surface area contributed by atoms with Crippen LogP contribution >= 0.6 is 0 Å². The fourth-order valence-electron chi connectivity index (χ4n) is 3.17. The van der Waals surface area contributed by atoms with Crippen molar-refractivity contribution in [2.45, 2.75) is 25.5 Å². The van der Waals surface area contributed by atoms with E-state index in [2.05, 4.69) is 5.32 Å². The van der Waals surface area contributed by atoms with E-state index in [0.717, 1.165) is 16.2 Å². The first-order chi connectivity index (χ1) is 12.1. The molecular weight excluding hydrogens is 322 g/mol. The van der Waals surface area contributed by atoms with Gasteiger partial charge in [0.2, 0.25) is 5.91 Å². The summed E-state index contributed by atoms with van der Waals surface area (Å²) < 4.78 is 10.6. The van der Waals surface area contributed by atoms with Crippen molar-refractivity contribution < 1.29 is 18.7 Å². The molecule has 0 radical (unpaired) electrons. The molecule has 1 fully saturated rings. The molecule has 25 heavy (non-hydrogen) atoms. The second-order valence-electron chi connectivity index (χ2n) is 6.02. The Morgan fingerprint density at radius 1 is 1.20 bits per heavy atom. The molecule has 1 aliphatic heterocycles. The Hall–Kier alpha value is -3.15. The zero-order valence-corrected chi connectivity index (χ0v) is 13.3. The number of esters is 1. The van der Waals surface area contributed by atoms with Gasteiger partial charge < -0.3 is 14.5 Å². The van der Waals surface area contributed by atoms with Gasteiger partial charge in [-0.1, -0.05) is 30.3 Å². The van der Waals surface area contributed by atoms with Crippen molar-refractivity contribution in [2.24, 2.45) is 0 Å². The Labute approximate surface area is 142 Å². The summed E-state index contributed by atoms with van der Waals surface area (Å²) in [5, 5.41) is 5.25. The van der Waals surface area contributed by atoms with Gasteiger partial charge >= 0.3 is 11.6 Å². The molecule has 6 nitrogen and oxygen atoms in total. The molecule has 0 unspecified atom stereocenters. The first-order valence-corrected chi connectivity index (χ1v) is 8.02. The average Bonchev–Trinajstić information content (AvgIpc) is 3.05. The minimum absolute atomic E-state index is 0.0543. The molecule has 4 rings (SSSR count). The van der Waals surface area contributed by atoms with E-state index in [1.807, 2.05) is 30.3 Å². The fraction of sp³-hybridized carbons (Fsp3) is 0.211. The number of hydrogen-bond donors (Lipinski definition) is 1. The van der Waals surface area contributed by atoms with Crippen LogP contribution in [0.5, 0.6) is 0 Å². The normalized spacial score (nSPS) is 17.0. The molecule has 0 aliphatic carbocycles. The van der Waals surface area contributed by atoms with E-state index in [0.29, 0.717) is 24.0 Å². The number of hydrogen-bond acceptors (Lipinski definition) is 5. The SMILES string of the molecule is O=C1CC[C@@H](C(=O)OCc2cc(=O)oc3ccc4ccccc4c23)N1. The summed E-state index contributed by atoms with van der Waals surface area (Å²) in [6.45, 7) is -0.0543. The average molecular weight is 337 g/mol. The Morgan fingerprint density at radius 2 is 2.04 bits per heavy atom. The largest absolute Gasteiger partial charge is 0.459 e. The zero-order valence-electron chi connectivity index (χ0n) is 13.3. The fourth-order valence-corrected chi connectivity index (χ4v) is 3.17. The standard InChI is InChI=1S/C19H15NO5/c21-16-8-6-14(20-16)19(23)24-10-12-9-17(22)25-15-7-5-11-3-1-2-4-13(11)18(12)15/h1-5,7,9,14H,6,8,10H2,(H,20,21)/t14-/m0/s1. The van der Waals surface area contributed by atoms with Crippen molar-refractivity contribution in [3.63, 3.8) is 0 Å². The lowest BCUT2D eigenvalue weighted by Crippen LogP contribution is -2.34. The molecule has 1 amide bonds. The molecule has 0 bridgehead atoms. The maximum Gasteiger partial charge on any atom is 0.336 e. The summed E-state index contributed by atoms with van der Waals surface area (Å²) in [4.78, 5) is 35.2. The van der Waals surface area contributed by atoms with Crippen LogP contribution in [0.1, 0.15) is 18.4 Å². The van der Waals surface area contributed by atoms with Crippen LogP contribution in [0.2, 0.25) is 0 Å². The third kappa shape index (κ3) is 2.87. The summed E-state index contributed by atoms with van der Waals surface area (Å²) in [5.74, 6) is -0.647. The maximum atomic E-state index is 12.1. The molecule has 0 spiro atoms. The van der Waals surface area contributed by atoms with Crippen LogP contribution in [-0.4, -0.2) is 17.9 Å². The summed E-state index contributed by atoms with van der Waals surface area (Å²) in [6, 6.07) is 12.1. The monoisotopic (exact) mass is 337 g/mol. The quantitative estimate of drug-likeness (QED) is 0.450. The van der Waals surface area contributed by atoms with E-state index in [-0.39, 0.29) is 12.5 Å². The molecule has 2 aromatic carbocycles. The topological polar surface area (TPSA) is 85.6 Å². The van der Waals surface area contributed by atoms with Gasteiger partial charge in [-0.25, -0.2) is 9.59 Å². The number of carbonyl (C=O) groups is 2. The highest BCUT2D eigenvalue weighted by Crippen LogP contribution is 2.27. The number of fused-ring (bicyclic) bond motifs is 3. The van der Waals surface area contributed by atoms with Crippen LogP contribution in [0.3, 0.4) is 0 Å². The van der Waals surface area contributed by atoms with E-state index < -0.39 is 17.6 Å². The third-order valence-electron chi connectivity index (χ3n) is 4.36. The van der Waals surface area contributed by atoms with Gasteiger partial charge in [-0.15, -0.1) is 0 Å². The van der Waals surface area contributed by atoms with Crippen LogP contribution < -0.4 is 10.9 Å². The lowest BCUT2D eigenvalue weighted by Gasteiger charge is -2.12. The van der Waals surface area contributed by atoms with Crippen molar-refractivity contribution >= 4 is 33.6 Å². The Bertz CT molecular complexity index is 1050. The summed E-state index contributed by atoms with van der Waals surface area (Å²) in [5.41, 5.74) is 0.537. The van der Waals surface area contributed by atoms with Crippen molar-refractivity contribution in [1.82, 2.24) is 5.32 Å². The van der Waals surface area contributed by atoms with E-state index >= 15 is 0 Å². The van der Waals surface area contributed by atoms with Gasteiger partial charge in [0.05, 0.1) is 0 Å². The van der Waals surface area contributed by atoms with Crippen molar-refractivity contribution in [3.05, 3.63) is 58.4 Å². The van der Waals surface area contributed by atoms with Crippen LogP contribution in [0, 0.1) is 0 Å². The number of benzene rings is 2. The van der Waals surface area contributed by atoms with E-state index in [1.54, 1.807) is 6.07 Å². The minimum atomic E-state index is -0.615.